The number of primary amides is 1. The van der Waals surface area contributed by atoms with Gasteiger partial charge < -0.3 is 5.73 Å². The molecule has 2 unspecified atom stereocenters. The maximum Gasteiger partial charge on any atom is 0.407 e. The number of carbonyl (C=O) groups excluding carboxylic acids is 1. The van der Waals surface area contributed by atoms with E-state index >= 15 is 0 Å². The molecule has 1 aromatic carbocycles. The number of hydrogen-bond acceptors (Lipinski definition) is 2. The van der Waals surface area contributed by atoms with E-state index < -0.39 is 24.2 Å². The molecule has 0 bridgehead atoms. The summed E-state index contributed by atoms with van der Waals surface area (Å²) in [4.78, 5) is 10.7. The van der Waals surface area contributed by atoms with E-state index in [0.717, 1.165) is 0 Å². The van der Waals surface area contributed by atoms with E-state index in [0.29, 0.717) is 0 Å². The van der Waals surface area contributed by atoms with Crippen molar-refractivity contribution in [3.05, 3.63) is 35.9 Å². The Morgan fingerprint density at radius 3 is 2.33 bits per heavy atom. The van der Waals surface area contributed by atoms with Crippen LogP contribution in [-0.4, -0.2) is 18.1 Å². The predicted molar refractivity (Wildman–Crippen MR) is 61.6 cm³/mol. The fourth-order valence-electron chi connectivity index (χ4n) is 1.67. The van der Waals surface area contributed by atoms with Crippen LogP contribution in [0.25, 0.3) is 0 Å². The number of benzene rings is 1. The van der Waals surface area contributed by atoms with Crippen LogP contribution in [0.4, 0.5) is 13.2 Å². The lowest BCUT2D eigenvalue weighted by molar-refractivity contribution is -0.160. The highest BCUT2D eigenvalue weighted by Crippen LogP contribution is 2.33. The number of nitrogens with one attached hydrogen (secondary N) is 1. The van der Waals surface area contributed by atoms with Crippen LogP contribution < -0.4 is 11.1 Å². The maximum absolute atomic E-state index is 12.9. The molecule has 0 saturated heterocycles. The van der Waals surface area contributed by atoms with Crippen molar-refractivity contribution in [1.82, 2.24) is 5.32 Å². The van der Waals surface area contributed by atoms with Crippen LogP contribution in [0, 0.1) is 0 Å². The summed E-state index contributed by atoms with van der Waals surface area (Å²) in [5, 5.41) is 2.38. The Morgan fingerprint density at radius 1 is 1.33 bits per heavy atom. The number of halogens is 3. The molecule has 0 radical (unpaired) electrons. The molecule has 1 rings (SSSR count). The van der Waals surface area contributed by atoms with Crippen LogP contribution >= 0.6 is 0 Å². The van der Waals surface area contributed by atoms with Gasteiger partial charge in [0.1, 0.15) is 6.04 Å². The summed E-state index contributed by atoms with van der Waals surface area (Å²) in [6.45, 7) is 1.49. The van der Waals surface area contributed by atoms with Gasteiger partial charge in [-0.25, -0.2) is 0 Å². The topological polar surface area (TPSA) is 55.1 Å². The first-order valence-electron chi connectivity index (χ1n) is 5.46. The summed E-state index contributed by atoms with van der Waals surface area (Å²) in [7, 11) is 0. The van der Waals surface area contributed by atoms with Crippen LogP contribution in [-0.2, 0) is 4.79 Å². The van der Waals surface area contributed by atoms with Gasteiger partial charge in [0, 0.05) is 12.5 Å². The third kappa shape index (κ3) is 4.37. The molecule has 18 heavy (non-hydrogen) atoms. The van der Waals surface area contributed by atoms with Gasteiger partial charge in [-0.15, -0.1) is 0 Å². The Hall–Kier alpha value is -1.56. The molecule has 100 valence electrons. The van der Waals surface area contributed by atoms with Crippen molar-refractivity contribution in [2.75, 3.05) is 0 Å². The van der Waals surface area contributed by atoms with Crippen molar-refractivity contribution >= 4 is 5.91 Å². The molecular formula is C12H15F3N2O. The molecular weight excluding hydrogens is 245 g/mol. The minimum absolute atomic E-state index is 0.112. The van der Waals surface area contributed by atoms with E-state index in [1.807, 2.05) is 0 Å². The summed E-state index contributed by atoms with van der Waals surface area (Å²) >= 11 is 0. The predicted octanol–water partition coefficient (Wildman–Crippen LogP) is 2.14. The number of alkyl halides is 3. The van der Waals surface area contributed by atoms with Gasteiger partial charge in [-0.05, 0) is 12.5 Å². The standard InChI is InChI=1S/C12H15F3N2O/c1-8(7-10(16)18)17-11(12(13,14)15)9-5-3-2-4-6-9/h2-6,8,11,17H,7H2,1H3,(H2,16,18). The molecule has 2 atom stereocenters. The number of carbonyl (C=O) groups is 1. The average molecular weight is 260 g/mol. The smallest absolute Gasteiger partial charge is 0.370 e. The van der Waals surface area contributed by atoms with E-state index in [1.165, 1.54) is 31.2 Å². The first-order chi connectivity index (χ1) is 8.30. The van der Waals surface area contributed by atoms with Crippen molar-refractivity contribution in [1.29, 1.82) is 0 Å². The molecule has 1 aromatic rings. The first-order valence-corrected chi connectivity index (χ1v) is 5.46. The quantitative estimate of drug-likeness (QED) is 0.852. The van der Waals surface area contributed by atoms with E-state index in [9.17, 15) is 18.0 Å². The number of rotatable bonds is 5. The molecule has 0 aromatic heterocycles. The number of amides is 1. The van der Waals surface area contributed by atoms with E-state index in [4.69, 9.17) is 5.73 Å². The number of nitrogens with two attached hydrogens (primary N) is 1. The van der Waals surface area contributed by atoms with Crippen molar-refractivity contribution in [2.24, 2.45) is 5.73 Å². The lowest BCUT2D eigenvalue weighted by Gasteiger charge is -2.25. The highest BCUT2D eigenvalue weighted by atomic mass is 19.4. The summed E-state index contributed by atoms with van der Waals surface area (Å²) in [6.07, 6.45) is -4.56. The lowest BCUT2D eigenvalue weighted by Crippen LogP contribution is -2.41. The normalized spacial score (nSPS) is 15.1. The molecule has 6 heteroatoms. The second-order valence-corrected chi connectivity index (χ2v) is 4.12. The summed E-state index contributed by atoms with van der Waals surface area (Å²) < 4.78 is 38.8. The summed E-state index contributed by atoms with van der Waals surface area (Å²) in [5.41, 5.74) is 5.07. The van der Waals surface area contributed by atoms with Gasteiger partial charge in [0.2, 0.25) is 5.91 Å². The molecule has 3 nitrogen and oxygen atoms in total. The largest absolute Gasteiger partial charge is 0.407 e. The van der Waals surface area contributed by atoms with Gasteiger partial charge in [-0.3, -0.25) is 10.1 Å². The Labute approximate surface area is 103 Å². The third-order valence-electron chi connectivity index (χ3n) is 2.42. The minimum Gasteiger partial charge on any atom is -0.370 e. The molecule has 0 fully saturated rings. The van der Waals surface area contributed by atoms with Gasteiger partial charge in [0.25, 0.3) is 0 Å². The first kappa shape index (κ1) is 14.5. The van der Waals surface area contributed by atoms with Crippen molar-refractivity contribution in [3.8, 4) is 0 Å². The zero-order valence-corrected chi connectivity index (χ0v) is 9.87. The molecule has 3 N–H and O–H groups in total. The lowest BCUT2D eigenvalue weighted by atomic mass is 10.0. The van der Waals surface area contributed by atoms with Gasteiger partial charge in [-0.2, -0.15) is 13.2 Å². The zero-order chi connectivity index (χ0) is 13.8. The van der Waals surface area contributed by atoms with Crippen LogP contribution in [0.3, 0.4) is 0 Å². The van der Waals surface area contributed by atoms with Crippen molar-refractivity contribution in [2.45, 2.75) is 31.6 Å². The zero-order valence-electron chi connectivity index (χ0n) is 9.87. The fraction of sp³-hybridized carbons (Fsp3) is 0.417. The summed E-state index contributed by atoms with van der Waals surface area (Å²) in [5.74, 6) is -0.635. The number of hydrogen-bond donors (Lipinski definition) is 2. The maximum atomic E-state index is 12.9. The van der Waals surface area contributed by atoms with Gasteiger partial charge >= 0.3 is 6.18 Å². The van der Waals surface area contributed by atoms with Gasteiger partial charge in [0.05, 0.1) is 0 Å². The second-order valence-electron chi connectivity index (χ2n) is 4.12. The Morgan fingerprint density at radius 2 is 1.89 bits per heavy atom. The van der Waals surface area contributed by atoms with Crippen LogP contribution in [0.5, 0.6) is 0 Å². The molecule has 0 saturated carbocycles. The Balaban J connectivity index is 2.84. The average Bonchev–Trinajstić information content (AvgIpc) is 2.24. The minimum atomic E-state index is -4.42. The van der Waals surface area contributed by atoms with E-state index in [-0.39, 0.29) is 12.0 Å². The van der Waals surface area contributed by atoms with Crippen LogP contribution in [0.1, 0.15) is 24.9 Å². The van der Waals surface area contributed by atoms with Gasteiger partial charge in [0.15, 0.2) is 0 Å². The fourth-order valence-corrected chi connectivity index (χ4v) is 1.67. The molecule has 0 aliphatic rings. The van der Waals surface area contributed by atoms with Gasteiger partial charge in [-0.1, -0.05) is 30.3 Å². The van der Waals surface area contributed by atoms with Crippen molar-refractivity contribution in [3.63, 3.8) is 0 Å². The molecule has 0 spiro atoms. The second kappa shape index (κ2) is 5.86. The van der Waals surface area contributed by atoms with Crippen LogP contribution in [0.2, 0.25) is 0 Å². The monoisotopic (exact) mass is 260 g/mol. The molecule has 0 aliphatic carbocycles. The van der Waals surface area contributed by atoms with Crippen LogP contribution in [0.15, 0.2) is 30.3 Å². The molecule has 0 aliphatic heterocycles. The molecule has 0 heterocycles. The SMILES string of the molecule is CC(CC(N)=O)NC(c1ccccc1)C(F)(F)F. The van der Waals surface area contributed by atoms with E-state index in [1.54, 1.807) is 6.07 Å². The Bertz CT molecular complexity index is 392. The van der Waals surface area contributed by atoms with E-state index in [2.05, 4.69) is 5.32 Å². The summed E-state index contributed by atoms with van der Waals surface area (Å²) in [6, 6.07) is 5.05. The third-order valence-corrected chi connectivity index (χ3v) is 2.42. The highest BCUT2D eigenvalue weighted by Gasteiger charge is 2.41. The highest BCUT2D eigenvalue weighted by molar-refractivity contribution is 5.74. The Kier molecular flexibility index (Phi) is 4.72. The molecule has 1 amide bonds. The van der Waals surface area contributed by atoms with Crippen molar-refractivity contribution < 1.29 is 18.0 Å².